The fourth-order valence-electron chi connectivity index (χ4n) is 1.31. The summed E-state index contributed by atoms with van der Waals surface area (Å²) in [6, 6.07) is 2.94. The molecule has 0 unspecified atom stereocenters. The Bertz CT molecular complexity index is 726. The summed E-state index contributed by atoms with van der Waals surface area (Å²) in [4.78, 5) is 9.56. The number of nitrogens with two attached hydrogens (primary N) is 1. The molecule has 0 bridgehead atoms. The van der Waals surface area contributed by atoms with Gasteiger partial charge in [0.25, 0.3) is 5.69 Å². The minimum absolute atomic E-state index is 0.269. The first-order valence-electron chi connectivity index (χ1n) is 5.24. The number of hydrogen-bond donors (Lipinski definition) is 2. The summed E-state index contributed by atoms with van der Waals surface area (Å²) in [7, 11) is -7.26. The highest BCUT2D eigenvalue weighted by atomic mass is 32.2. The predicted octanol–water partition coefficient (Wildman–Crippen LogP) is -0.500. The third kappa shape index (κ3) is 4.43. The van der Waals surface area contributed by atoms with Crippen LogP contribution < -0.4 is 10.5 Å². The maximum absolute atomic E-state index is 11.8. The van der Waals surface area contributed by atoms with Gasteiger partial charge in [-0.15, -0.1) is 0 Å². The fraction of sp³-hybridized carbons (Fsp3) is 0.333. The molecule has 0 aliphatic heterocycles. The van der Waals surface area contributed by atoms with Gasteiger partial charge in [-0.1, -0.05) is 0 Å². The summed E-state index contributed by atoms with van der Waals surface area (Å²) < 4.78 is 47.5. The van der Waals surface area contributed by atoms with E-state index in [1.807, 2.05) is 0 Å². The van der Waals surface area contributed by atoms with Crippen LogP contribution in [0.15, 0.2) is 23.1 Å². The van der Waals surface area contributed by atoms with E-state index in [1.165, 1.54) is 0 Å². The SMILES string of the molecule is CS(=O)(=O)CCNS(=O)(=O)c1ccc([N+](=O)[O-])c(N)c1. The maximum Gasteiger partial charge on any atom is 0.292 e. The van der Waals surface area contributed by atoms with E-state index in [9.17, 15) is 26.9 Å². The second-order valence-electron chi connectivity index (χ2n) is 4.01. The molecule has 3 N–H and O–H groups in total. The lowest BCUT2D eigenvalue weighted by atomic mass is 10.3. The van der Waals surface area contributed by atoms with Crippen molar-refractivity contribution in [1.29, 1.82) is 0 Å². The average Bonchev–Trinajstić information content (AvgIpc) is 2.26. The molecule has 1 aromatic rings. The lowest BCUT2D eigenvalue weighted by Crippen LogP contribution is -2.29. The molecule has 0 amide bonds. The topological polar surface area (TPSA) is 149 Å². The zero-order chi connectivity index (χ0) is 15.6. The zero-order valence-corrected chi connectivity index (χ0v) is 12.1. The van der Waals surface area contributed by atoms with Crippen LogP contribution in [0.5, 0.6) is 0 Å². The molecule has 20 heavy (non-hydrogen) atoms. The van der Waals surface area contributed by atoms with E-state index < -0.39 is 30.5 Å². The Kier molecular flexibility index (Phi) is 4.68. The third-order valence-corrected chi connectivity index (χ3v) is 4.68. The molecular formula is C9H13N3O6S2. The van der Waals surface area contributed by atoms with Gasteiger partial charge in [0.15, 0.2) is 0 Å². The highest BCUT2D eigenvalue weighted by molar-refractivity contribution is 7.91. The van der Waals surface area contributed by atoms with E-state index in [2.05, 4.69) is 4.72 Å². The van der Waals surface area contributed by atoms with Crippen LogP contribution in [-0.4, -0.2) is 40.3 Å². The van der Waals surface area contributed by atoms with Crippen LogP contribution >= 0.6 is 0 Å². The minimum Gasteiger partial charge on any atom is -0.393 e. The molecule has 0 spiro atoms. The van der Waals surface area contributed by atoms with Crippen molar-refractivity contribution in [3.63, 3.8) is 0 Å². The smallest absolute Gasteiger partial charge is 0.292 e. The summed E-state index contributed by atoms with van der Waals surface area (Å²) in [5, 5.41) is 10.6. The van der Waals surface area contributed by atoms with Gasteiger partial charge < -0.3 is 5.73 Å². The first-order valence-corrected chi connectivity index (χ1v) is 8.78. The highest BCUT2D eigenvalue weighted by Crippen LogP contribution is 2.24. The molecule has 9 nitrogen and oxygen atoms in total. The molecule has 0 heterocycles. The molecular weight excluding hydrogens is 310 g/mol. The van der Waals surface area contributed by atoms with Gasteiger partial charge in [0.1, 0.15) is 15.5 Å². The van der Waals surface area contributed by atoms with Gasteiger partial charge >= 0.3 is 0 Å². The van der Waals surface area contributed by atoms with Gasteiger partial charge in [-0.2, -0.15) is 0 Å². The van der Waals surface area contributed by atoms with Crippen LogP contribution in [0.1, 0.15) is 0 Å². The number of sulfone groups is 1. The van der Waals surface area contributed by atoms with Gasteiger partial charge in [0.2, 0.25) is 10.0 Å². The Morgan fingerprint density at radius 3 is 2.35 bits per heavy atom. The van der Waals surface area contributed by atoms with Crippen LogP contribution in [0.2, 0.25) is 0 Å². The van der Waals surface area contributed by atoms with Crippen LogP contribution in [0.4, 0.5) is 11.4 Å². The lowest BCUT2D eigenvalue weighted by Gasteiger charge is -2.07. The Hall–Kier alpha value is -1.72. The van der Waals surface area contributed by atoms with Gasteiger partial charge in [-0.25, -0.2) is 21.6 Å². The standard InChI is InChI=1S/C9H13N3O6S2/c1-19(15,16)5-4-11-20(17,18)7-2-3-9(12(13)14)8(10)6-7/h2-3,6,11H,4-5,10H2,1H3. The maximum atomic E-state index is 11.8. The van der Waals surface area contributed by atoms with E-state index in [-0.39, 0.29) is 22.9 Å². The number of benzene rings is 1. The number of nitrogen functional groups attached to an aromatic ring is 1. The monoisotopic (exact) mass is 323 g/mol. The summed E-state index contributed by atoms with van der Waals surface area (Å²) in [5.74, 6) is -0.352. The van der Waals surface area contributed by atoms with E-state index >= 15 is 0 Å². The lowest BCUT2D eigenvalue weighted by molar-refractivity contribution is -0.383. The average molecular weight is 323 g/mol. The zero-order valence-electron chi connectivity index (χ0n) is 10.4. The minimum atomic E-state index is -3.96. The van der Waals surface area contributed by atoms with Crippen molar-refractivity contribution in [3.05, 3.63) is 28.3 Å². The molecule has 0 aliphatic rings. The van der Waals surface area contributed by atoms with E-state index in [0.29, 0.717) is 0 Å². The van der Waals surface area contributed by atoms with Crippen LogP contribution in [0.25, 0.3) is 0 Å². The van der Waals surface area contributed by atoms with Gasteiger partial charge in [-0.3, -0.25) is 10.1 Å². The number of nitro benzene ring substituents is 1. The first kappa shape index (κ1) is 16.3. The summed E-state index contributed by atoms with van der Waals surface area (Å²) in [6.45, 7) is -0.294. The number of rotatable bonds is 6. The molecule has 0 fully saturated rings. The van der Waals surface area contributed by atoms with E-state index in [0.717, 1.165) is 24.5 Å². The van der Waals surface area contributed by atoms with Gasteiger partial charge in [0.05, 0.1) is 15.6 Å². The van der Waals surface area contributed by atoms with Gasteiger partial charge in [0, 0.05) is 18.9 Å². The fourth-order valence-corrected chi connectivity index (χ4v) is 2.98. The molecule has 0 saturated carbocycles. The normalized spacial score (nSPS) is 12.2. The van der Waals surface area contributed by atoms with Crippen molar-refractivity contribution < 1.29 is 21.8 Å². The van der Waals surface area contributed by atoms with Crippen molar-refractivity contribution in [3.8, 4) is 0 Å². The summed E-state index contributed by atoms with van der Waals surface area (Å²) >= 11 is 0. The molecule has 0 radical (unpaired) electrons. The van der Waals surface area contributed by atoms with E-state index in [1.54, 1.807) is 0 Å². The molecule has 112 valence electrons. The van der Waals surface area contributed by atoms with Crippen LogP contribution in [0, 0.1) is 10.1 Å². The van der Waals surface area contributed by atoms with Crippen LogP contribution in [0.3, 0.4) is 0 Å². The molecule has 0 saturated heterocycles. The second kappa shape index (κ2) is 5.73. The number of nitrogens with one attached hydrogen (secondary N) is 1. The van der Waals surface area contributed by atoms with Crippen molar-refractivity contribution in [2.24, 2.45) is 0 Å². The Morgan fingerprint density at radius 2 is 1.90 bits per heavy atom. The Morgan fingerprint density at radius 1 is 1.30 bits per heavy atom. The van der Waals surface area contributed by atoms with Crippen molar-refractivity contribution >= 4 is 31.2 Å². The van der Waals surface area contributed by atoms with Crippen molar-refractivity contribution in [2.45, 2.75) is 4.90 Å². The Balaban J connectivity index is 2.94. The molecule has 0 aromatic heterocycles. The second-order valence-corrected chi connectivity index (χ2v) is 8.03. The largest absolute Gasteiger partial charge is 0.393 e. The summed E-state index contributed by atoms with van der Waals surface area (Å²) in [6.07, 6.45) is 0.977. The molecule has 1 rings (SSSR count). The van der Waals surface area contributed by atoms with Crippen LogP contribution in [-0.2, 0) is 19.9 Å². The quantitative estimate of drug-likeness (QED) is 0.407. The number of nitro groups is 1. The van der Waals surface area contributed by atoms with Crippen molar-refractivity contribution in [2.75, 3.05) is 24.3 Å². The summed E-state index contributed by atoms with van der Waals surface area (Å²) in [5.41, 5.74) is 4.69. The first-order chi connectivity index (χ1) is 9.03. The molecule has 11 heteroatoms. The number of hydrogen-bond acceptors (Lipinski definition) is 7. The number of nitrogens with zero attached hydrogens (tertiary/aromatic N) is 1. The third-order valence-electron chi connectivity index (χ3n) is 2.27. The highest BCUT2D eigenvalue weighted by Gasteiger charge is 2.19. The molecule has 0 atom stereocenters. The predicted molar refractivity (Wildman–Crippen MR) is 72.4 cm³/mol. The van der Waals surface area contributed by atoms with E-state index in [4.69, 9.17) is 5.73 Å². The van der Waals surface area contributed by atoms with Crippen molar-refractivity contribution in [1.82, 2.24) is 4.72 Å². The van der Waals surface area contributed by atoms with Gasteiger partial charge in [-0.05, 0) is 12.1 Å². The number of sulfonamides is 1. The Labute approximate surface area is 115 Å². The molecule has 1 aromatic carbocycles. The number of anilines is 1. The molecule has 0 aliphatic carbocycles.